The van der Waals surface area contributed by atoms with Crippen LogP contribution in [0.3, 0.4) is 0 Å². The number of hydrogen-bond acceptors (Lipinski definition) is 5. The summed E-state index contributed by atoms with van der Waals surface area (Å²) in [6, 6.07) is -0.263. The first-order valence-corrected chi connectivity index (χ1v) is 7.36. The molecule has 2 heterocycles. The molecule has 0 saturated heterocycles. The lowest BCUT2D eigenvalue weighted by molar-refractivity contribution is -0.137. The van der Waals surface area contributed by atoms with Crippen LogP contribution in [0.15, 0.2) is 17.9 Å². The van der Waals surface area contributed by atoms with Crippen LogP contribution in [0.25, 0.3) is 0 Å². The maximum Gasteiger partial charge on any atom is 0.443 e. The topological polar surface area (TPSA) is 37.8 Å². The fraction of sp³-hybridized carbons (Fsp3) is 0.455. The Morgan fingerprint density at radius 3 is 2.63 bits per heavy atom. The van der Waals surface area contributed by atoms with Crippen molar-refractivity contribution in [3.8, 4) is 0 Å². The molecule has 1 N–H and O–H groups in total. The van der Waals surface area contributed by atoms with E-state index in [0.717, 1.165) is 17.8 Å². The summed E-state index contributed by atoms with van der Waals surface area (Å²) in [6.07, 6.45) is -0.516. The molecule has 0 aromatic carbocycles. The van der Waals surface area contributed by atoms with Gasteiger partial charge in [0.25, 0.3) is 0 Å². The minimum atomic E-state index is -4.38. The summed E-state index contributed by atoms with van der Waals surface area (Å²) in [5.41, 5.74) is 1.67. The van der Waals surface area contributed by atoms with E-state index in [1.165, 1.54) is 17.5 Å². The lowest BCUT2D eigenvalue weighted by Gasteiger charge is -2.14. The Kier molecular flexibility index (Phi) is 4.54. The summed E-state index contributed by atoms with van der Waals surface area (Å²) in [5.74, 6) is 0. The number of aromatic nitrogens is 2. The Labute approximate surface area is 116 Å². The Balaban J connectivity index is 2.26. The van der Waals surface area contributed by atoms with Crippen LogP contribution < -0.4 is 5.32 Å². The van der Waals surface area contributed by atoms with Gasteiger partial charge in [-0.2, -0.15) is 13.2 Å². The highest BCUT2D eigenvalue weighted by atomic mass is 32.1. The van der Waals surface area contributed by atoms with E-state index in [1.807, 2.05) is 6.92 Å². The van der Waals surface area contributed by atoms with Crippen molar-refractivity contribution in [1.82, 2.24) is 15.3 Å². The highest BCUT2D eigenvalue weighted by molar-refractivity contribution is 7.12. The van der Waals surface area contributed by atoms with Gasteiger partial charge in [-0.15, -0.1) is 22.7 Å². The number of nitrogens with one attached hydrogen (secondary N) is 1. The van der Waals surface area contributed by atoms with E-state index in [1.54, 1.807) is 11.7 Å². The molecule has 19 heavy (non-hydrogen) atoms. The molecule has 0 amide bonds. The molecule has 0 aliphatic rings. The summed E-state index contributed by atoms with van der Waals surface area (Å²) >= 11 is 2.09. The third-order valence-corrected chi connectivity index (χ3v) is 4.33. The summed E-state index contributed by atoms with van der Waals surface area (Å²) in [7, 11) is 0. The lowest BCUT2D eigenvalue weighted by atomic mass is 10.2. The average molecular weight is 307 g/mol. The third-order valence-electron chi connectivity index (χ3n) is 2.38. The number of rotatable bonds is 5. The van der Waals surface area contributed by atoms with E-state index >= 15 is 0 Å². The molecule has 0 spiro atoms. The van der Waals surface area contributed by atoms with Crippen molar-refractivity contribution < 1.29 is 13.2 Å². The highest BCUT2D eigenvalue weighted by Crippen LogP contribution is 2.36. The molecule has 0 bridgehead atoms. The van der Waals surface area contributed by atoms with Crippen LogP contribution >= 0.6 is 22.7 Å². The number of nitrogens with zero attached hydrogens (tertiary/aromatic N) is 2. The maximum absolute atomic E-state index is 12.6. The average Bonchev–Trinajstić information content (AvgIpc) is 2.99. The van der Waals surface area contributed by atoms with E-state index in [9.17, 15) is 13.2 Å². The van der Waals surface area contributed by atoms with E-state index < -0.39 is 11.2 Å². The lowest BCUT2D eigenvalue weighted by Crippen LogP contribution is -2.21. The van der Waals surface area contributed by atoms with Gasteiger partial charge in [-0.3, -0.25) is 4.98 Å². The Hall–Kier alpha value is -0.990. The molecule has 0 radical (unpaired) electrons. The van der Waals surface area contributed by atoms with Gasteiger partial charge in [0, 0.05) is 22.1 Å². The van der Waals surface area contributed by atoms with Crippen molar-refractivity contribution in [2.75, 3.05) is 6.54 Å². The van der Waals surface area contributed by atoms with Crippen molar-refractivity contribution >= 4 is 22.7 Å². The SMILES string of the molecule is CCCNC(c1cncs1)c1cnc(C(F)(F)F)s1. The fourth-order valence-electron chi connectivity index (χ4n) is 1.55. The quantitative estimate of drug-likeness (QED) is 0.915. The van der Waals surface area contributed by atoms with Crippen molar-refractivity contribution in [3.63, 3.8) is 0 Å². The van der Waals surface area contributed by atoms with Crippen LogP contribution in [0, 0.1) is 0 Å². The third kappa shape index (κ3) is 3.52. The zero-order chi connectivity index (χ0) is 13.9. The number of thiazole rings is 2. The zero-order valence-corrected chi connectivity index (χ0v) is 11.7. The first-order valence-electron chi connectivity index (χ1n) is 5.67. The number of hydrogen-bond donors (Lipinski definition) is 1. The second-order valence-electron chi connectivity index (χ2n) is 3.86. The van der Waals surface area contributed by atoms with E-state index in [-0.39, 0.29) is 6.04 Å². The Morgan fingerprint density at radius 1 is 1.32 bits per heavy atom. The van der Waals surface area contributed by atoms with Crippen LogP contribution in [-0.4, -0.2) is 16.5 Å². The second-order valence-corrected chi connectivity index (χ2v) is 5.84. The van der Waals surface area contributed by atoms with Crippen LogP contribution in [0.4, 0.5) is 13.2 Å². The van der Waals surface area contributed by atoms with Crippen LogP contribution in [0.1, 0.15) is 34.1 Å². The van der Waals surface area contributed by atoms with E-state index in [2.05, 4.69) is 15.3 Å². The van der Waals surface area contributed by atoms with Crippen LogP contribution in [-0.2, 0) is 6.18 Å². The predicted octanol–water partition coefficient (Wildman–Crippen LogP) is 3.71. The molecule has 0 fully saturated rings. The molecular formula is C11H12F3N3S2. The van der Waals surface area contributed by atoms with Gasteiger partial charge in [0.05, 0.1) is 11.6 Å². The summed E-state index contributed by atoms with van der Waals surface area (Å²) in [6.45, 7) is 2.73. The maximum atomic E-state index is 12.6. The molecule has 0 aliphatic heterocycles. The van der Waals surface area contributed by atoms with E-state index in [0.29, 0.717) is 16.2 Å². The predicted molar refractivity (Wildman–Crippen MR) is 69.4 cm³/mol. The number of alkyl halides is 3. The van der Waals surface area contributed by atoms with Gasteiger partial charge in [0.15, 0.2) is 5.01 Å². The molecule has 104 valence electrons. The van der Waals surface area contributed by atoms with Crippen molar-refractivity contribution in [1.29, 1.82) is 0 Å². The molecule has 8 heteroatoms. The van der Waals surface area contributed by atoms with Gasteiger partial charge >= 0.3 is 6.18 Å². The minimum absolute atomic E-state index is 0.263. The van der Waals surface area contributed by atoms with Gasteiger partial charge in [0.2, 0.25) is 0 Å². The molecule has 2 aromatic heterocycles. The summed E-state index contributed by atoms with van der Waals surface area (Å²) < 4.78 is 37.7. The second kappa shape index (κ2) is 5.98. The van der Waals surface area contributed by atoms with Gasteiger partial charge in [-0.1, -0.05) is 6.92 Å². The summed E-state index contributed by atoms with van der Waals surface area (Å²) in [5, 5.41) is 2.42. The first kappa shape index (κ1) is 14.4. The number of halogens is 3. The largest absolute Gasteiger partial charge is 0.443 e. The van der Waals surface area contributed by atoms with Gasteiger partial charge in [0.1, 0.15) is 0 Å². The van der Waals surface area contributed by atoms with Crippen LogP contribution in [0.2, 0.25) is 0 Å². The molecule has 0 aliphatic carbocycles. The minimum Gasteiger partial charge on any atom is -0.305 e. The van der Waals surface area contributed by atoms with Gasteiger partial charge < -0.3 is 5.32 Å². The molecular weight excluding hydrogens is 295 g/mol. The zero-order valence-electron chi connectivity index (χ0n) is 10.1. The Bertz CT molecular complexity index is 507. The smallest absolute Gasteiger partial charge is 0.305 e. The molecule has 1 unspecified atom stereocenters. The van der Waals surface area contributed by atoms with Gasteiger partial charge in [-0.05, 0) is 13.0 Å². The highest BCUT2D eigenvalue weighted by Gasteiger charge is 2.35. The van der Waals surface area contributed by atoms with E-state index in [4.69, 9.17) is 0 Å². The van der Waals surface area contributed by atoms with Crippen molar-refractivity contribution in [2.24, 2.45) is 0 Å². The molecule has 2 aromatic rings. The van der Waals surface area contributed by atoms with Crippen LogP contribution in [0.5, 0.6) is 0 Å². The Morgan fingerprint density at radius 2 is 2.11 bits per heavy atom. The van der Waals surface area contributed by atoms with Crippen molar-refractivity contribution in [3.05, 3.63) is 32.7 Å². The monoisotopic (exact) mass is 307 g/mol. The molecule has 2 rings (SSSR count). The molecule has 3 nitrogen and oxygen atoms in total. The normalized spacial score (nSPS) is 13.7. The van der Waals surface area contributed by atoms with Gasteiger partial charge in [-0.25, -0.2) is 4.98 Å². The fourth-order valence-corrected chi connectivity index (χ4v) is 3.21. The van der Waals surface area contributed by atoms with Crippen molar-refractivity contribution in [2.45, 2.75) is 25.6 Å². The standard InChI is InChI=1S/C11H12F3N3S2/c1-2-3-16-9(7-4-15-6-18-7)8-5-17-10(19-8)11(12,13)14/h4-6,9,16H,2-3H2,1H3. The molecule has 0 saturated carbocycles. The molecule has 1 atom stereocenters. The first-order chi connectivity index (χ1) is 9.02. The summed E-state index contributed by atoms with van der Waals surface area (Å²) in [4.78, 5) is 8.89.